The lowest BCUT2D eigenvalue weighted by Crippen LogP contribution is -2.33. The maximum Gasteiger partial charge on any atom is 0.320 e. The van der Waals surface area contributed by atoms with Crippen LogP contribution in [0.4, 0.5) is 4.79 Å². The molecule has 4 heteroatoms. The molecule has 1 N–H and O–H groups in total. The molecule has 1 aliphatic rings. The molecule has 4 nitrogen and oxygen atoms in total. The van der Waals surface area contributed by atoms with E-state index in [0.717, 1.165) is 39.1 Å². The highest BCUT2D eigenvalue weighted by Crippen LogP contribution is 2.13. The topological polar surface area (TPSA) is 35.6 Å². The largest absolute Gasteiger partial charge is 0.323 e. The number of carbonyl (C=O) groups is 1. The molecule has 0 atom stereocenters. The zero-order valence-corrected chi connectivity index (χ0v) is 10.9. The molecule has 0 saturated carbocycles. The Kier molecular flexibility index (Phi) is 4.59. The Balaban J connectivity index is 1.83. The number of hydrogen-bond donors (Lipinski definition) is 1. The van der Waals surface area contributed by atoms with Gasteiger partial charge in [-0.3, -0.25) is 0 Å². The van der Waals surface area contributed by atoms with Gasteiger partial charge in [0.25, 0.3) is 0 Å². The van der Waals surface area contributed by atoms with E-state index in [4.69, 9.17) is 0 Å². The van der Waals surface area contributed by atoms with Crippen molar-refractivity contribution in [2.24, 2.45) is 0 Å². The highest BCUT2D eigenvalue weighted by Gasteiger charge is 2.27. The highest BCUT2D eigenvalue weighted by atomic mass is 16.2. The average molecular weight is 247 g/mol. The summed E-state index contributed by atoms with van der Waals surface area (Å²) in [5.74, 6) is 0. The Morgan fingerprint density at radius 3 is 2.61 bits per heavy atom. The number of hydrogen-bond acceptors (Lipinski definition) is 2. The maximum absolute atomic E-state index is 12.1. The molecule has 1 aromatic rings. The molecule has 1 heterocycles. The molecule has 0 radical (unpaired) electrons. The van der Waals surface area contributed by atoms with Crippen molar-refractivity contribution in [3.05, 3.63) is 35.9 Å². The van der Waals surface area contributed by atoms with Gasteiger partial charge >= 0.3 is 6.03 Å². The third kappa shape index (κ3) is 3.23. The van der Waals surface area contributed by atoms with Crippen molar-refractivity contribution >= 4 is 6.03 Å². The molecule has 1 saturated heterocycles. The van der Waals surface area contributed by atoms with Crippen LogP contribution >= 0.6 is 0 Å². The summed E-state index contributed by atoms with van der Waals surface area (Å²) >= 11 is 0. The lowest BCUT2D eigenvalue weighted by Gasteiger charge is -2.18. The van der Waals surface area contributed by atoms with E-state index in [1.54, 1.807) is 0 Å². The Labute approximate surface area is 109 Å². The predicted octanol–water partition coefficient (Wildman–Crippen LogP) is 1.53. The molecular formula is C14H21N3O. The molecule has 1 fully saturated rings. The van der Waals surface area contributed by atoms with E-state index < -0.39 is 0 Å². The molecule has 0 bridgehead atoms. The number of nitrogens with zero attached hydrogens (tertiary/aromatic N) is 2. The number of carbonyl (C=O) groups excluding carboxylic acids is 1. The van der Waals surface area contributed by atoms with Gasteiger partial charge in [-0.2, -0.15) is 0 Å². The third-order valence-corrected chi connectivity index (χ3v) is 3.25. The summed E-state index contributed by atoms with van der Waals surface area (Å²) in [5, 5.41) is 3.11. The Hall–Kier alpha value is -1.55. The molecule has 1 aromatic carbocycles. The zero-order chi connectivity index (χ0) is 12.8. The summed E-state index contributed by atoms with van der Waals surface area (Å²) in [6.45, 7) is 4.23. The van der Waals surface area contributed by atoms with Gasteiger partial charge in [-0.15, -0.1) is 0 Å². The average Bonchev–Trinajstić information content (AvgIpc) is 2.73. The van der Waals surface area contributed by atoms with Crippen LogP contribution in [-0.2, 0) is 6.54 Å². The first kappa shape index (κ1) is 12.9. The van der Waals surface area contributed by atoms with E-state index >= 15 is 0 Å². The van der Waals surface area contributed by atoms with Crippen molar-refractivity contribution < 1.29 is 4.79 Å². The van der Waals surface area contributed by atoms with Gasteiger partial charge in [0, 0.05) is 26.2 Å². The molecular weight excluding hydrogens is 226 g/mol. The van der Waals surface area contributed by atoms with Gasteiger partial charge in [0.1, 0.15) is 0 Å². The van der Waals surface area contributed by atoms with Crippen LogP contribution in [-0.4, -0.2) is 49.1 Å². The van der Waals surface area contributed by atoms with Gasteiger partial charge in [0.05, 0.1) is 0 Å². The van der Waals surface area contributed by atoms with Gasteiger partial charge in [0.15, 0.2) is 0 Å². The summed E-state index contributed by atoms with van der Waals surface area (Å²) in [7, 11) is 1.94. The number of urea groups is 1. The van der Waals surface area contributed by atoms with Gasteiger partial charge < -0.3 is 15.1 Å². The monoisotopic (exact) mass is 247 g/mol. The molecule has 0 spiro atoms. The highest BCUT2D eigenvalue weighted by molar-refractivity contribution is 5.76. The first-order valence-corrected chi connectivity index (χ1v) is 6.53. The molecule has 1 aliphatic heterocycles. The van der Waals surface area contributed by atoms with Crippen molar-refractivity contribution in [2.45, 2.75) is 13.0 Å². The molecule has 0 aromatic heterocycles. The SMILES string of the molecule is CNCCCN1CCN(Cc2ccccc2)C1=O. The summed E-state index contributed by atoms with van der Waals surface area (Å²) in [6, 6.07) is 10.3. The third-order valence-electron chi connectivity index (χ3n) is 3.25. The molecule has 18 heavy (non-hydrogen) atoms. The second-order valence-electron chi connectivity index (χ2n) is 4.63. The van der Waals surface area contributed by atoms with Crippen LogP contribution in [0.1, 0.15) is 12.0 Å². The zero-order valence-electron chi connectivity index (χ0n) is 10.9. The van der Waals surface area contributed by atoms with Crippen molar-refractivity contribution in [1.82, 2.24) is 15.1 Å². The van der Waals surface area contributed by atoms with Crippen LogP contribution in [0, 0.1) is 0 Å². The number of nitrogens with one attached hydrogen (secondary N) is 1. The van der Waals surface area contributed by atoms with Crippen molar-refractivity contribution in [3.63, 3.8) is 0 Å². The van der Waals surface area contributed by atoms with Crippen LogP contribution in [0.3, 0.4) is 0 Å². The van der Waals surface area contributed by atoms with Crippen molar-refractivity contribution in [1.29, 1.82) is 0 Å². The fourth-order valence-electron chi connectivity index (χ4n) is 2.24. The van der Waals surface area contributed by atoms with E-state index in [-0.39, 0.29) is 6.03 Å². The molecule has 98 valence electrons. The van der Waals surface area contributed by atoms with Crippen LogP contribution in [0.2, 0.25) is 0 Å². The van der Waals surface area contributed by atoms with Gasteiger partial charge in [-0.05, 0) is 25.6 Å². The minimum absolute atomic E-state index is 0.176. The number of amides is 2. The van der Waals surface area contributed by atoms with Gasteiger partial charge in [-0.1, -0.05) is 30.3 Å². The van der Waals surface area contributed by atoms with E-state index in [0.29, 0.717) is 0 Å². The quantitative estimate of drug-likeness (QED) is 0.774. The Bertz CT molecular complexity index is 380. The van der Waals surface area contributed by atoms with Crippen LogP contribution in [0.5, 0.6) is 0 Å². The normalized spacial score (nSPS) is 15.5. The molecule has 2 rings (SSSR count). The first-order chi connectivity index (χ1) is 8.81. The summed E-state index contributed by atoms with van der Waals surface area (Å²) in [5.41, 5.74) is 1.20. The molecule has 0 aliphatic carbocycles. The van der Waals surface area contributed by atoms with Crippen molar-refractivity contribution in [3.8, 4) is 0 Å². The van der Waals surface area contributed by atoms with E-state index in [1.165, 1.54) is 5.56 Å². The Morgan fingerprint density at radius 1 is 1.17 bits per heavy atom. The van der Waals surface area contributed by atoms with Gasteiger partial charge in [-0.25, -0.2) is 4.79 Å². The number of rotatable bonds is 6. The van der Waals surface area contributed by atoms with E-state index in [9.17, 15) is 4.79 Å². The maximum atomic E-state index is 12.1. The van der Waals surface area contributed by atoms with Gasteiger partial charge in [0.2, 0.25) is 0 Å². The lowest BCUT2D eigenvalue weighted by molar-refractivity contribution is 0.190. The smallest absolute Gasteiger partial charge is 0.320 e. The fraction of sp³-hybridized carbons (Fsp3) is 0.500. The molecule has 2 amide bonds. The van der Waals surface area contributed by atoms with Crippen molar-refractivity contribution in [2.75, 3.05) is 33.2 Å². The fourth-order valence-corrected chi connectivity index (χ4v) is 2.24. The second kappa shape index (κ2) is 6.40. The number of benzene rings is 1. The van der Waals surface area contributed by atoms with E-state index in [1.807, 2.05) is 35.0 Å². The first-order valence-electron chi connectivity index (χ1n) is 6.53. The summed E-state index contributed by atoms with van der Waals surface area (Å²) < 4.78 is 0. The van der Waals surface area contributed by atoms with Crippen LogP contribution in [0.25, 0.3) is 0 Å². The minimum atomic E-state index is 0.176. The standard InChI is InChI=1S/C14H21N3O/c1-15-8-5-9-16-10-11-17(14(16)18)12-13-6-3-2-4-7-13/h2-4,6-7,15H,5,8-12H2,1H3. The van der Waals surface area contributed by atoms with E-state index in [2.05, 4.69) is 17.4 Å². The summed E-state index contributed by atoms with van der Waals surface area (Å²) in [6.07, 6.45) is 1.02. The van der Waals surface area contributed by atoms with Crippen LogP contribution < -0.4 is 5.32 Å². The Morgan fingerprint density at radius 2 is 1.89 bits per heavy atom. The molecule has 0 unspecified atom stereocenters. The summed E-state index contributed by atoms with van der Waals surface area (Å²) in [4.78, 5) is 16.0. The van der Waals surface area contributed by atoms with Crippen LogP contribution in [0.15, 0.2) is 30.3 Å². The predicted molar refractivity (Wildman–Crippen MR) is 72.4 cm³/mol. The second-order valence-corrected chi connectivity index (χ2v) is 4.63. The lowest BCUT2D eigenvalue weighted by atomic mass is 10.2. The minimum Gasteiger partial charge on any atom is -0.323 e.